The predicted octanol–water partition coefficient (Wildman–Crippen LogP) is 4.69. The summed E-state index contributed by atoms with van der Waals surface area (Å²) in [6.07, 6.45) is 0.201. The number of nitrogens with one attached hydrogen (secondary N) is 1. The number of fused-ring (bicyclic) bond motifs is 1. The number of benzene rings is 2. The quantitative estimate of drug-likeness (QED) is 0.486. The zero-order chi connectivity index (χ0) is 26.5. The van der Waals surface area contributed by atoms with Crippen LogP contribution in [-0.2, 0) is 20.9 Å². The molecule has 0 bridgehead atoms. The third kappa shape index (κ3) is 6.32. The third-order valence-electron chi connectivity index (χ3n) is 6.38. The number of hydrogen-bond acceptors (Lipinski definition) is 7. The lowest BCUT2D eigenvalue weighted by molar-refractivity contribution is -0.141. The van der Waals surface area contributed by atoms with Crippen molar-refractivity contribution in [2.75, 3.05) is 27.2 Å². The molecule has 1 atom stereocenters. The van der Waals surface area contributed by atoms with Crippen molar-refractivity contribution in [2.45, 2.75) is 39.8 Å². The second-order valence-corrected chi connectivity index (χ2v) is 10.5. The SMILES string of the molecule is CC1=C(C(=O)OCc2ccccc2)[C@@H](c2ccc(C)cc2C)N2C(CC(=O)NCCN(C)C)=CSC2=N1. The zero-order valence-corrected chi connectivity index (χ0v) is 22.9. The number of aliphatic imine (C=N–C) groups is 1. The molecule has 2 aliphatic heterocycles. The first-order valence-corrected chi connectivity index (χ1v) is 13.3. The molecule has 7 nitrogen and oxygen atoms in total. The van der Waals surface area contributed by atoms with E-state index >= 15 is 0 Å². The number of amidine groups is 1. The number of allylic oxidation sites excluding steroid dienone is 1. The Morgan fingerprint density at radius 1 is 1.11 bits per heavy atom. The average molecular weight is 519 g/mol. The lowest BCUT2D eigenvalue weighted by Gasteiger charge is -2.37. The Morgan fingerprint density at radius 3 is 2.57 bits per heavy atom. The Morgan fingerprint density at radius 2 is 1.86 bits per heavy atom. The smallest absolute Gasteiger partial charge is 0.338 e. The van der Waals surface area contributed by atoms with Gasteiger partial charge in [-0.2, -0.15) is 0 Å². The van der Waals surface area contributed by atoms with Crippen molar-refractivity contribution in [1.29, 1.82) is 0 Å². The Kier molecular flexibility index (Phi) is 8.51. The van der Waals surface area contributed by atoms with E-state index in [1.807, 2.05) is 66.6 Å². The number of amides is 1. The van der Waals surface area contributed by atoms with Crippen molar-refractivity contribution in [3.63, 3.8) is 0 Å². The molecule has 0 saturated carbocycles. The summed E-state index contributed by atoms with van der Waals surface area (Å²) < 4.78 is 5.79. The average Bonchev–Trinajstić information content (AvgIpc) is 3.24. The topological polar surface area (TPSA) is 74.2 Å². The van der Waals surface area contributed by atoms with Crippen LogP contribution in [0.1, 0.15) is 41.6 Å². The Hall–Kier alpha value is -3.36. The number of rotatable bonds is 9. The van der Waals surface area contributed by atoms with Gasteiger partial charge in [0.05, 0.1) is 23.7 Å². The molecule has 8 heteroatoms. The van der Waals surface area contributed by atoms with Gasteiger partial charge in [-0.05, 0) is 57.0 Å². The molecule has 0 aliphatic carbocycles. The Balaban J connectivity index is 1.64. The molecule has 1 amide bonds. The number of esters is 1. The Labute approximate surface area is 223 Å². The van der Waals surface area contributed by atoms with Crippen molar-refractivity contribution < 1.29 is 14.3 Å². The highest BCUT2D eigenvalue weighted by Crippen LogP contribution is 2.45. The van der Waals surface area contributed by atoms with Crippen LogP contribution in [0.5, 0.6) is 0 Å². The molecule has 2 aromatic carbocycles. The fourth-order valence-electron chi connectivity index (χ4n) is 4.50. The molecule has 2 aromatic rings. The first-order valence-electron chi connectivity index (χ1n) is 12.4. The van der Waals surface area contributed by atoms with E-state index in [0.717, 1.165) is 39.7 Å². The molecule has 4 rings (SSSR count). The second-order valence-electron chi connectivity index (χ2n) is 9.64. The van der Waals surface area contributed by atoms with Gasteiger partial charge < -0.3 is 19.9 Å². The molecule has 37 heavy (non-hydrogen) atoms. The van der Waals surface area contributed by atoms with Crippen molar-refractivity contribution in [2.24, 2.45) is 4.99 Å². The lowest BCUT2D eigenvalue weighted by Crippen LogP contribution is -2.39. The highest BCUT2D eigenvalue weighted by Gasteiger charge is 2.41. The van der Waals surface area contributed by atoms with Gasteiger partial charge in [0, 0.05) is 18.8 Å². The molecule has 0 spiro atoms. The van der Waals surface area contributed by atoms with Gasteiger partial charge in [-0.3, -0.25) is 4.79 Å². The van der Waals surface area contributed by atoms with E-state index in [1.165, 1.54) is 11.8 Å². The summed E-state index contributed by atoms with van der Waals surface area (Å²) in [6.45, 7) is 7.47. The molecule has 2 aliphatic rings. The van der Waals surface area contributed by atoms with Crippen LogP contribution in [0.2, 0.25) is 0 Å². The van der Waals surface area contributed by atoms with E-state index in [2.05, 4.69) is 37.4 Å². The van der Waals surface area contributed by atoms with Gasteiger partial charge in [-0.15, -0.1) is 0 Å². The normalized spacial score (nSPS) is 16.9. The number of carbonyl (C=O) groups is 2. The highest BCUT2D eigenvalue weighted by molar-refractivity contribution is 8.16. The number of thioether (sulfide) groups is 1. The molecule has 0 radical (unpaired) electrons. The molecular formula is C29H34N4O3S. The Bertz CT molecular complexity index is 1270. The van der Waals surface area contributed by atoms with Crippen LogP contribution in [0.4, 0.5) is 0 Å². The number of likely N-dealkylation sites (N-methyl/N-ethyl adjacent to an activating group) is 1. The van der Waals surface area contributed by atoms with Gasteiger partial charge >= 0.3 is 5.97 Å². The van der Waals surface area contributed by atoms with Crippen LogP contribution in [-0.4, -0.2) is 54.0 Å². The van der Waals surface area contributed by atoms with E-state index in [-0.39, 0.29) is 18.9 Å². The van der Waals surface area contributed by atoms with E-state index in [1.54, 1.807) is 0 Å². The van der Waals surface area contributed by atoms with Gasteiger partial charge in [-0.25, -0.2) is 9.79 Å². The summed E-state index contributed by atoms with van der Waals surface area (Å²) in [7, 11) is 3.95. The molecule has 0 fully saturated rings. The number of hydrogen-bond donors (Lipinski definition) is 1. The summed E-state index contributed by atoms with van der Waals surface area (Å²) in [5, 5.41) is 5.72. The predicted molar refractivity (Wildman–Crippen MR) is 149 cm³/mol. The molecule has 0 aromatic heterocycles. The summed E-state index contributed by atoms with van der Waals surface area (Å²) >= 11 is 1.48. The molecule has 1 N–H and O–H groups in total. The van der Waals surface area contributed by atoms with Crippen molar-refractivity contribution in [1.82, 2.24) is 15.1 Å². The first kappa shape index (κ1) is 26.7. The lowest BCUT2D eigenvalue weighted by atomic mass is 9.90. The zero-order valence-electron chi connectivity index (χ0n) is 22.1. The van der Waals surface area contributed by atoms with Crippen molar-refractivity contribution in [3.05, 3.63) is 93.2 Å². The summed E-state index contributed by atoms with van der Waals surface area (Å²) in [6, 6.07) is 15.4. The minimum Gasteiger partial charge on any atom is -0.457 e. The standard InChI is InChI=1S/C29H34N4O3S/c1-19-11-12-24(20(2)15-19)27-26(28(35)36-17-22-9-7-6-8-10-22)21(3)31-29-33(27)23(18-37-29)16-25(34)30-13-14-32(4)5/h6-12,15,18,27H,13-14,16-17H2,1-5H3,(H,30,34)/t27-/m1/s1. The number of aryl methyl sites for hydroxylation is 2. The van der Waals surface area contributed by atoms with Crippen LogP contribution >= 0.6 is 11.8 Å². The van der Waals surface area contributed by atoms with Crippen LogP contribution in [0.3, 0.4) is 0 Å². The first-order chi connectivity index (χ1) is 17.7. The van der Waals surface area contributed by atoms with Gasteiger partial charge in [0.2, 0.25) is 5.91 Å². The highest BCUT2D eigenvalue weighted by atomic mass is 32.2. The summed E-state index contributed by atoms with van der Waals surface area (Å²) in [5.41, 5.74) is 6.07. The maximum atomic E-state index is 13.6. The minimum absolute atomic E-state index is 0.0613. The van der Waals surface area contributed by atoms with E-state index in [0.29, 0.717) is 17.8 Å². The van der Waals surface area contributed by atoms with Crippen LogP contribution < -0.4 is 5.32 Å². The molecular weight excluding hydrogens is 484 g/mol. The van der Waals surface area contributed by atoms with Crippen molar-refractivity contribution in [3.8, 4) is 0 Å². The minimum atomic E-state index is -0.438. The van der Waals surface area contributed by atoms with Gasteiger partial charge in [0.25, 0.3) is 0 Å². The van der Waals surface area contributed by atoms with E-state index < -0.39 is 12.0 Å². The molecule has 2 heterocycles. The molecule has 0 unspecified atom stereocenters. The number of ether oxygens (including phenoxy) is 1. The number of carbonyl (C=O) groups excluding carboxylic acids is 2. The van der Waals surface area contributed by atoms with Crippen LogP contribution in [0.25, 0.3) is 0 Å². The maximum Gasteiger partial charge on any atom is 0.338 e. The number of nitrogens with zero attached hydrogens (tertiary/aromatic N) is 3. The largest absolute Gasteiger partial charge is 0.457 e. The molecule has 0 saturated heterocycles. The summed E-state index contributed by atoms with van der Waals surface area (Å²) in [5.74, 6) is -0.463. The van der Waals surface area contributed by atoms with Gasteiger partial charge in [0.15, 0.2) is 5.17 Å². The van der Waals surface area contributed by atoms with E-state index in [4.69, 9.17) is 9.73 Å². The van der Waals surface area contributed by atoms with Gasteiger partial charge in [0.1, 0.15) is 6.61 Å². The maximum absolute atomic E-state index is 13.6. The molecule has 194 valence electrons. The van der Waals surface area contributed by atoms with Crippen molar-refractivity contribution >= 4 is 28.8 Å². The fraction of sp³-hybridized carbons (Fsp3) is 0.345. The third-order valence-corrected chi connectivity index (χ3v) is 7.26. The fourth-order valence-corrected chi connectivity index (χ4v) is 5.47. The van der Waals surface area contributed by atoms with Gasteiger partial charge in [-0.1, -0.05) is 65.9 Å². The van der Waals surface area contributed by atoms with Crippen LogP contribution in [0, 0.1) is 13.8 Å². The van der Waals surface area contributed by atoms with Crippen LogP contribution in [0.15, 0.2) is 75.9 Å². The summed E-state index contributed by atoms with van der Waals surface area (Å²) in [4.78, 5) is 35.2. The van der Waals surface area contributed by atoms with E-state index in [9.17, 15) is 9.59 Å². The monoisotopic (exact) mass is 518 g/mol. The second kappa shape index (κ2) is 11.8.